The Morgan fingerprint density at radius 2 is 1.79 bits per heavy atom. The smallest absolute Gasteiger partial charge is 0.338 e. The highest BCUT2D eigenvalue weighted by Crippen LogP contribution is 2.14. The number of benzene rings is 1. The molecule has 1 rings (SSSR count). The molecule has 0 unspecified atom stereocenters. The zero-order valence-electron chi connectivity index (χ0n) is 11.7. The van der Waals surface area contributed by atoms with E-state index in [2.05, 4.69) is 0 Å². The van der Waals surface area contributed by atoms with Gasteiger partial charge in [0.2, 0.25) is 0 Å². The van der Waals surface area contributed by atoms with E-state index in [1.165, 1.54) is 0 Å². The first-order valence-corrected chi connectivity index (χ1v) is 6.50. The number of hydrogen-bond acceptors (Lipinski definition) is 4. The monoisotopic (exact) mass is 264 g/mol. The van der Waals surface area contributed by atoms with Crippen LogP contribution in [0.15, 0.2) is 18.2 Å². The van der Waals surface area contributed by atoms with Crippen LogP contribution in [0.5, 0.6) is 0 Å². The van der Waals surface area contributed by atoms with Crippen molar-refractivity contribution < 1.29 is 19.1 Å². The molecule has 0 bridgehead atoms. The highest BCUT2D eigenvalue weighted by Gasteiger charge is 2.09. The highest BCUT2D eigenvalue weighted by atomic mass is 16.5. The van der Waals surface area contributed by atoms with Crippen LogP contribution in [-0.2, 0) is 20.7 Å². The van der Waals surface area contributed by atoms with E-state index in [0.29, 0.717) is 31.6 Å². The molecule has 4 heteroatoms. The summed E-state index contributed by atoms with van der Waals surface area (Å²) in [5.74, 6) is -0.515. The Hall–Kier alpha value is -1.84. The largest absolute Gasteiger partial charge is 0.466 e. The molecular weight excluding hydrogens is 244 g/mol. The normalized spacial score (nSPS) is 10.1. The molecule has 0 heterocycles. The summed E-state index contributed by atoms with van der Waals surface area (Å²) in [4.78, 5) is 22.9. The lowest BCUT2D eigenvalue weighted by Gasteiger charge is -2.08. The maximum absolute atomic E-state index is 11.6. The van der Waals surface area contributed by atoms with Crippen molar-refractivity contribution in [1.82, 2.24) is 0 Å². The zero-order chi connectivity index (χ0) is 14.3. The van der Waals surface area contributed by atoms with Crippen molar-refractivity contribution in [3.8, 4) is 0 Å². The average Bonchev–Trinajstić information content (AvgIpc) is 2.38. The summed E-state index contributed by atoms with van der Waals surface area (Å²) in [7, 11) is 0. The summed E-state index contributed by atoms with van der Waals surface area (Å²) in [5, 5.41) is 0. The molecule has 0 aliphatic rings. The number of ether oxygens (including phenoxy) is 2. The van der Waals surface area contributed by atoms with Crippen molar-refractivity contribution in [2.75, 3.05) is 13.2 Å². The predicted molar refractivity (Wildman–Crippen MR) is 72.1 cm³/mol. The summed E-state index contributed by atoms with van der Waals surface area (Å²) >= 11 is 0. The summed E-state index contributed by atoms with van der Waals surface area (Å²) in [6.45, 7) is 6.25. The van der Waals surface area contributed by atoms with E-state index in [0.717, 1.165) is 11.1 Å². The Labute approximate surface area is 113 Å². The molecular formula is C15H20O4. The molecule has 19 heavy (non-hydrogen) atoms. The molecule has 0 aliphatic heterocycles. The number of carbonyl (C=O) groups is 2. The molecule has 0 aromatic heterocycles. The Bertz CT molecular complexity index is 451. The minimum atomic E-state index is -0.317. The first-order chi connectivity index (χ1) is 9.08. The van der Waals surface area contributed by atoms with Gasteiger partial charge in [0, 0.05) is 6.42 Å². The lowest BCUT2D eigenvalue weighted by Crippen LogP contribution is -2.07. The number of esters is 2. The van der Waals surface area contributed by atoms with E-state index < -0.39 is 0 Å². The van der Waals surface area contributed by atoms with Crippen molar-refractivity contribution in [3.63, 3.8) is 0 Å². The third kappa shape index (κ3) is 4.73. The lowest BCUT2D eigenvalue weighted by atomic mass is 10.0. The fourth-order valence-corrected chi connectivity index (χ4v) is 1.79. The van der Waals surface area contributed by atoms with Crippen LogP contribution in [0.2, 0.25) is 0 Å². The predicted octanol–water partition coefficient (Wildman–Crippen LogP) is 2.67. The molecule has 4 nitrogen and oxygen atoms in total. The first kappa shape index (κ1) is 15.2. The van der Waals surface area contributed by atoms with Crippen LogP contribution in [0.25, 0.3) is 0 Å². The minimum absolute atomic E-state index is 0.198. The standard InChI is InChI=1S/C15H20O4/c1-4-18-14(16)9-8-12-6-7-13(10-11(12)3)15(17)19-5-2/h6-7,10H,4-5,8-9H2,1-3H3. The number of rotatable bonds is 6. The van der Waals surface area contributed by atoms with Gasteiger partial charge in [-0.05, 0) is 50.5 Å². The maximum atomic E-state index is 11.6. The third-order valence-corrected chi connectivity index (χ3v) is 2.76. The average molecular weight is 264 g/mol. The molecule has 0 radical (unpaired) electrons. The van der Waals surface area contributed by atoms with Crippen molar-refractivity contribution in [2.45, 2.75) is 33.6 Å². The van der Waals surface area contributed by atoms with Gasteiger partial charge in [-0.2, -0.15) is 0 Å². The molecule has 104 valence electrons. The molecule has 0 saturated heterocycles. The molecule has 0 atom stereocenters. The van der Waals surface area contributed by atoms with Crippen molar-refractivity contribution in [3.05, 3.63) is 34.9 Å². The van der Waals surface area contributed by atoms with E-state index in [1.807, 2.05) is 13.0 Å². The van der Waals surface area contributed by atoms with Gasteiger partial charge in [0.05, 0.1) is 18.8 Å². The molecule has 0 N–H and O–H groups in total. The SMILES string of the molecule is CCOC(=O)CCc1ccc(C(=O)OCC)cc1C. The first-order valence-electron chi connectivity index (χ1n) is 6.50. The van der Waals surface area contributed by atoms with E-state index in [-0.39, 0.29) is 11.9 Å². The summed E-state index contributed by atoms with van der Waals surface area (Å²) in [5.41, 5.74) is 2.56. The molecule has 1 aromatic carbocycles. The van der Waals surface area contributed by atoms with Gasteiger partial charge in [0.25, 0.3) is 0 Å². The molecule has 0 spiro atoms. The van der Waals surface area contributed by atoms with Crippen molar-refractivity contribution in [2.24, 2.45) is 0 Å². The van der Waals surface area contributed by atoms with Gasteiger partial charge < -0.3 is 9.47 Å². The van der Waals surface area contributed by atoms with Crippen LogP contribution in [0, 0.1) is 6.92 Å². The van der Waals surface area contributed by atoms with E-state index in [1.54, 1.807) is 26.0 Å². The van der Waals surface area contributed by atoms with Gasteiger partial charge in [-0.3, -0.25) is 4.79 Å². The molecule has 0 amide bonds. The van der Waals surface area contributed by atoms with Gasteiger partial charge in [0.15, 0.2) is 0 Å². The fraction of sp³-hybridized carbons (Fsp3) is 0.467. The summed E-state index contributed by atoms with van der Waals surface area (Å²) < 4.78 is 9.82. The van der Waals surface area contributed by atoms with Crippen molar-refractivity contribution in [1.29, 1.82) is 0 Å². The quantitative estimate of drug-likeness (QED) is 0.741. The van der Waals surface area contributed by atoms with Crippen LogP contribution in [0.1, 0.15) is 41.8 Å². The zero-order valence-corrected chi connectivity index (χ0v) is 11.7. The van der Waals surface area contributed by atoms with Gasteiger partial charge in [-0.1, -0.05) is 6.07 Å². The molecule has 0 fully saturated rings. The Morgan fingerprint density at radius 3 is 2.37 bits per heavy atom. The second-order valence-electron chi connectivity index (χ2n) is 4.17. The highest BCUT2D eigenvalue weighted by molar-refractivity contribution is 5.89. The van der Waals surface area contributed by atoms with E-state index in [9.17, 15) is 9.59 Å². The molecule has 0 aliphatic carbocycles. The van der Waals surface area contributed by atoms with Crippen LogP contribution < -0.4 is 0 Å². The topological polar surface area (TPSA) is 52.6 Å². The Kier molecular flexibility index (Phi) is 6.06. The summed E-state index contributed by atoms with van der Waals surface area (Å²) in [6.07, 6.45) is 0.973. The maximum Gasteiger partial charge on any atom is 0.338 e. The van der Waals surface area contributed by atoms with Gasteiger partial charge in [-0.15, -0.1) is 0 Å². The second kappa shape index (κ2) is 7.56. The van der Waals surface area contributed by atoms with Gasteiger partial charge in [-0.25, -0.2) is 4.79 Å². The Balaban J connectivity index is 2.67. The van der Waals surface area contributed by atoms with Gasteiger partial charge >= 0.3 is 11.9 Å². The van der Waals surface area contributed by atoms with Gasteiger partial charge in [0.1, 0.15) is 0 Å². The third-order valence-electron chi connectivity index (χ3n) is 2.76. The van der Waals surface area contributed by atoms with Crippen LogP contribution in [0.4, 0.5) is 0 Å². The lowest BCUT2D eigenvalue weighted by molar-refractivity contribution is -0.143. The summed E-state index contributed by atoms with van der Waals surface area (Å²) in [6, 6.07) is 5.38. The molecule has 1 aromatic rings. The number of aryl methyl sites for hydroxylation is 2. The molecule has 0 saturated carbocycles. The fourth-order valence-electron chi connectivity index (χ4n) is 1.79. The van der Waals surface area contributed by atoms with E-state index >= 15 is 0 Å². The second-order valence-corrected chi connectivity index (χ2v) is 4.17. The number of carbonyl (C=O) groups excluding carboxylic acids is 2. The van der Waals surface area contributed by atoms with Crippen LogP contribution >= 0.6 is 0 Å². The van der Waals surface area contributed by atoms with Crippen LogP contribution in [0.3, 0.4) is 0 Å². The minimum Gasteiger partial charge on any atom is -0.466 e. The van der Waals surface area contributed by atoms with Crippen molar-refractivity contribution >= 4 is 11.9 Å². The van der Waals surface area contributed by atoms with E-state index in [4.69, 9.17) is 9.47 Å². The van der Waals surface area contributed by atoms with Crippen LogP contribution in [-0.4, -0.2) is 25.2 Å². The number of hydrogen-bond donors (Lipinski definition) is 0. The Morgan fingerprint density at radius 1 is 1.11 bits per heavy atom.